The Kier molecular flexibility index (Phi) is 3.84. The van der Waals surface area contributed by atoms with Crippen molar-refractivity contribution in [3.8, 4) is 22.8 Å². The first-order chi connectivity index (χ1) is 12.5. The Morgan fingerprint density at radius 2 is 1.92 bits per heavy atom. The Labute approximate surface area is 149 Å². The van der Waals surface area contributed by atoms with Crippen LogP contribution in [0.1, 0.15) is 10.4 Å². The molecule has 0 amide bonds. The number of Topliss-reactive ketones (excluding diaryl/α,β-unsaturated/α-hetero) is 1. The number of hydrogen-bond acceptors (Lipinski definition) is 4. The zero-order valence-electron chi connectivity index (χ0n) is 14.1. The molecule has 0 aliphatic carbocycles. The molecule has 0 fully saturated rings. The monoisotopic (exact) mass is 354 g/mol. The van der Waals surface area contributed by atoms with E-state index in [4.69, 9.17) is 15.2 Å². The fourth-order valence-corrected chi connectivity index (χ4v) is 2.95. The Hall–Kier alpha value is -3.35. The van der Waals surface area contributed by atoms with E-state index in [9.17, 15) is 9.18 Å². The van der Waals surface area contributed by atoms with Crippen LogP contribution in [-0.2, 0) is 13.6 Å². The van der Waals surface area contributed by atoms with Gasteiger partial charge in [0.1, 0.15) is 24.3 Å². The number of ether oxygens (including phenoxy) is 2. The van der Waals surface area contributed by atoms with Gasteiger partial charge in [0.25, 0.3) is 0 Å². The van der Waals surface area contributed by atoms with E-state index in [1.54, 1.807) is 52.7 Å². The third-order valence-electron chi connectivity index (χ3n) is 4.43. The van der Waals surface area contributed by atoms with Gasteiger partial charge in [-0.15, -0.1) is 0 Å². The van der Waals surface area contributed by atoms with Gasteiger partial charge in [0, 0.05) is 11.1 Å². The molecular weight excluding hydrogens is 337 g/mol. The summed E-state index contributed by atoms with van der Waals surface area (Å²) in [4.78, 5) is 12.6. The minimum atomic E-state index is -0.304. The molecule has 6 nitrogen and oxygen atoms in total. The molecule has 0 radical (unpaired) electrons. The fraction of sp³-hybridized carbons (Fsp3) is 0.158. The summed E-state index contributed by atoms with van der Waals surface area (Å²) in [5.41, 5.74) is 8.27. The highest BCUT2D eigenvalue weighted by molar-refractivity contribution is 5.95. The second-order valence-corrected chi connectivity index (χ2v) is 6.06. The van der Waals surface area contributed by atoms with Crippen molar-refractivity contribution in [2.45, 2.75) is 6.54 Å². The highest BCUT2D eigenvalue weighted by atomic mass is 19.1. The van der Waals surface area contributed by atoms with Gasteiger partial charge >= 0.3 is 5.95 Å². The van der Waals surface area contributed by atoms with E-state index in [2.05, 4.69) is 0 Å². The number of anilines is 1. The maximum atomic E-state index is 13.1. The molecule has 0 saturated heterocycles. The molecular formula is C19H17FN3O3+. The van der Waals surface area contributed by atoms with E-state index in [1.165, 1.54) is 12.1 Å². The highest BCUT2D eigenvalue weighted by Crippen LogP contribution is 2.32. The maximum Gasteiger partial charge on any atom is 0.355 e. The first kappa shape index (κ1) is 16.1. The molecule has 1 aliphatic rings. The molecule has 2 heterocycles. The van der Waals surface area contributed by atoms with Gasteiger partial charge in [-0.3, -0.25) is 10.5 Å². The van der Waals surface area contributed by atoms with Crippen LogP contribution in [0.2, 0.25) is 0 Å². The second kappa shape index (κ2) is 6.18. The molecule has 0 saturated carbocycles. The smallest absolute Gasteiger partial charge is 0.355 e. The number of hydrogen-bond donors (Lipinski definition) is 1. The zero-order valence-corrected chi connectivity index (χ0v) is 14.1. The molecule has 0 bridgehead atoms. The third-order valence-corrected chi connectivity index (χ3v) is 4.43. The Morgan fingerprint density at radius 3 is 2.69 bits per heavy atom. The number of halogens is 1. The predicted octanol–water partition coefficient (Wildman–Crippen LogP) is 2.31. The van der Waals surface area contributed by atoms with Crippen LogP contribution in [0.4, 0.5) is 10.3 Å². The summed E-state index contributed by atoms with van der Waals surface area (Å²) in [5.74, 6) is 1.22. The van der Waals surface area contributed by atoms with Gasteiger partial charge in [-0.2, -0.15) is 0 Å². The molecule has 1 aliphatic heterocycles. The lowest BCUT2D eigenvalue weighted by Gasteiger charge is -2.02. The second-order valence-electron chi connectivity index (χ2n) is 6.06. The molecule has 2 N–H and O–H groups in total. The number of carbonyl (C=O) groups excluding carboxylic acids is 1. The molecule has 0 atom stereocenters. The summed E-state index contributed by atoms with van der Waals surface area (Å²) in [6, 6.07) is 11.2. The Bertz CT molecular complexity index is 996. The van der Waals surface area contributed by atoms with Crippen molar-refractivity contribution in [2.24, 2.45) is 7.05 Å². The largest absolute Gasteiger partial charge is 0.454 e. The Morgan fingerprint density at radius 1 is 1.19 bits per heavy atom. The summed E-state index contributed by atoms with van der Waals surface area (Å²) in [7, 11) is 1.80. The normalized spacial score (nSPS) is 12.4. The van der Waals surface area contributed by atoms with Crippen LogP contribution in [0.3, 0.4) is 0 Å². The van der Waals surface area contributed by atoms with Crippen molar-refractivity contribution >= 4 is 11.7 Å². The van der Waals surface area contributed by atoms with Gasteiger partial charge in [0.05, 0.1) is 7.05 Å². The van der Waals surface area contributed by atoms with Crippen LogP contribution in [0.15, 0.2) is 48.7 Å². The van der Waals surface area contributed by atoms with Crippen molar-refractivity contribution in [1.29, 1.82) is 0 Å². The average Bonchev–Trinajstić information content (AvgIpc) is 3.22. The Balaban J connectivity index is 1.61. The number of aromatic nitrogens is 2. The number of nitrogens with zero attached hydrogens (tertiary/aromatic N) is 2. The van der Waals surface area contributed by atoms with Crippen molar-refractivity contribution in [3.63, 3.8) is 0 Å². The van der Waals surface area contributed by atoms with E-state index in [0.717, 1.165) is 11.3 Å². The SMILES string of the molecule is Cn1c(-c2ccc(F)cc2)c[n+](CC(=O)c2ccc3c(c2)OCO3)c1N. The van der Waals surface area contributed by atoms with Crippen LogP contribution in [0.5, 0.6) is 11.5 Å². The number of fused-ring (bicyclic) bond motifs is 1. The van der Waals surface area contributed by atoms with Gasteiger partial charge in [-0.05, 0) is 42.5 Å². The lowest BCUT2D eigenvalue weighted by atomic mass is 10.1. The van der Waals surface area contributed by atoms with Gasteiger partial charge in [-0.25, -0.2) is 13.5 Å². The first-order valence-corrected chi connectivity index (χ1v) is 8.06. The van der Waals surface area contributed by atoms with E-state index >= 15 is 0 Å². The summed E-state index contributed by atoms with van der Waals surface area (Å²) in [6.45, 7) is 0.245. The molecule has 0 spiro atoms. The number of rotatable bonds is 4. The van der Waals surface area contributed by atoms with E-state index < -0.39 is 0 Å². The van der Waals surface area contributed by atoms with Crippen LogP contribution < -0.4 is 19.8 Å². The molecule has 2 aromatic carbocycles. The van der Waals surface area contributed by atoms with Crippen LogP contribution >= 0.6 is 0 Å². The maximum absolute atomic E-state index is 13.1. The topological polar surface area (TPSA) is 70.4 Å². The third kappa shape index (κ3) is 2.77. The number of carbonyl (C=O) groups is 1. The van der Waals surface area contributed by atoms with Gasteiger partial charge < -0.3 is 9.47 Å². The first-order valence-electron chi connectivity index (χ1n) is 8.06. The standard InChI is InChI=1S/C19H16FN3O3/c1-22-15(12-2-5-14(20)6-3-12)9-23(19(22)21)10-16(24)13-4-7-17-18(8-13)26-11-25-17/h2-9,21H,10-11H2,1H3/p+1. The number of benzene rings is 2. The summed E-state index contributed by atoms with van der Waals surface area (Å²) >= 11 is 0. The summed E-state index contributed by atoms with van der Waals surface area (Å²) in [5, 5.41) is 0. The lowest BCUT2D eigenvalue weighted by Crippen LogP contribution is -2.39. The molecule has 7 heteroatoms. The van der Waals surface area contributed by atoms with Crippen LogP contribution in [0.25, 0.3) is 11.3 Å². The van der Waals surface area contributed by atoms with Crippen LogP contribution in [-0.4, -0.2) is 17.1 Å². The quantitative estimate of drug-likeness (QED) is 0.577. The van der Waals surface area contributed by atoms with Gasteiger partial charge in [0.2, 0.25) is 6.79 Å². The van der Waals surface area contributed by atoms with Gasteiger partial charge in [-0.1, -0.05) is 0 Å². The van der Waals surface area contributed by atoms with Crippen LogP contribution in [0, 0.1) is 5.82 Å². The van der Waals surface area contributed by atoms with Crippen molar-refractivity contribution < 1.29 is 23.2 Å². The van der Waals surface area contributed by atoms with E-state index in [0.29, 0.717) is 23.0 Å². The van der Waals surface area contributed by atoms with Crippen molar-refractivity contribution in [1.82, 2.24) is 4.57 Å². The van der Waals surface area contributed by atoms with E-state index in [1.807, 2.05) is 0 Å². The average molecular weight is 354 g/mol. The van der Waals surface area contributed by atoms with Crippen molar-refractivity contribution in [3.05, 3.63) is 60.0 Å². The molecule has 3 aromatic rings. The van der Waals surface area contributed by atoms with Gasteiger partial charge in [0.15, 0.2) is 17.3 Å². The number of imidazole rings is 1. The molecule has 132 valence electrons. The zero-order chi connectivity index (χ0) is 18.3. The lowest BCUT2D eigenvalue weighted by molar-refractivity contribution is -0.667. The minimum Gasteiger partial charge on any atom is -0.454 e. The molecule has 26 heavy (non-hydrogen) atoms. The number of nitrogen functional groups attached to an aromatic ring is 1. The molecule has 0 unspecified atom stereocenters. The highest BCUT2D eigenvalue weighted by Gasteiger charge is 2.22. The minimum absolute atomic E-state index is 0.0838. The predicted molar refractivity (Wildman–Crippen MR) is 92.3 cm³/mol. The number of ketones is 1. The van der Waals surface area contributed by atoms with E-state index in [-0.39, 0.29) is 24.9 Å². The number of nitrogens with two attached hydrogens (primary N) is 1. The summed E-state index contributed by atoms with van der Waals surface area (Å²) < 4.78 is 27.1. The molecule has 1 aromatic heterocycles. The fourth-order valence-electron chi connectivity index (χ4n) is 2.95. The molecule has 4 rings (SSSR count). The van der Waals surface area contributed by atoms with Crippen molar-refractivity contribution in [2.75, 3.05) is 12.5 Å². The summed E-state index contributed by atoms with van der Waals surface area (Å²) in [6.07, 6.45) is 1.79.